The van der Waals surface area contributed by atoms with Gasteiger partial charge in [0.25, 0.3) is 0 Å². The van der Waals surface area contributed by atoms with Gasteiger partial charge in [0.1, 0.15) is 0 Å². The Labute approximate surface area is 135 Å². The zero-order valence-electron chi connectivity index (χ0n) is 12.9. The minimum absolute atomic E-state index is 0. The van der Waals surface area contributed by atoms with E-state index >= 15 is 0 Å². The minimum Gasteiger partial charge on any atom is -0.657 e. The molecular formula is C18H22NRe-. The average molecular weight is 439 g/mol. The summed E-state index contributed by atoms with van der Waals surface area (Å²) >= 11 is 0. The molecule has 0 saturated heterocycles. The first-order chi connectivity index (χ1) is 9.15. The summed E-state index contributed by atoms with van der Waals surface area (Å²) in [4.78, 5) is 4.66. The van der Waals surface area contributed by atoms with Crippen LogP contribution in [0.2, 0.25) is 0 Å². The smallest absolute Gasteiger partial charge is 0 e. The van der Waals surface area contributed by atoms with Gasteiger partial charge in [-0.1, -0.05) is 69.7 Å². The second-order valence-electron chi connectivity index (χ2n) is 5.06. The average Bonchev–Trinajstić information content (AvgIpc) is 2.78. The summed E-state index contributed by atoms with van der Waals surface area (Å²) in [7, 11) is 0. The fourth-order valence-corrected chi connectivity index (χ4v) is 2.32. The first-order valence-electron chi connectivity index (χ1n) is 7.12. The molecule has 0 aliphatic carbocycles. The topological polar surface area (TPSA) is 14.1 Å². The SMILES string of the molecule is CC.Cc1ccc2[n-]c3ccc(C(C)C)cc3c2c1.[Re]. The van der Waals surface area contributed by atoms with E-state index in [1.54, 1.807) is 0 Å². The van der Waals surface area contributed by atoms with Crippen molar-refractivity contribution in [2.45, 2.75) is 40.5 Å². The molecule has 0 spiro atoms. The van der Waals surface area contributed by atoms with E-state index in [1.807, 2.05) is 13.8 Å². The summed E-state index contributed by atoms with van der Waals surface area (Å²) in [6.07, 6.45) is 0. The van der Waals surface area contributed by atoms with Gasteiger partial charge in [0.15, 0.2) is 0 Å². The summed E-state index contributed by atoms with van der Waals surface area (Å²) in [6, 6.07) is 13.1. The molecule has 3 aromatic rings. The van der Waals surface area contributed by atoms with Gasteiger partial charge in [0.05, 0.1) is 0 Å². The molecule has 20 heavy (non-hydrogen) atoms. The summed E-state index contributed by atoms with van der Waals surface area (Å²) in [5.74, 6) is 0.564. The van der Waals surface area contributed by atoms with Crippen LogP contribution >= 0.6 is 0 Å². The van der Waals surface area contributed by atoms with Crippen molar-refractivity contribution in [3.63, 3.8) is 0 Å². The fourth-order valence-electron chi connectivity index (χ4n) is 2.32. The number of aromatic nitrogens is 1. The number of fused-ring (bicyclic) bond motifs is 3. The van der Waals surface area contributed by atoms with E-state index in [0.717, 1.165) is 11.0 Å². The standard InChI is InChI=1S/C16H16N.C2H6.Re/c1-10(2)12-5-7-16-14(9-12)13-8-11(3)4-6-15(13)17-16;1-2;/h4-10H,1-3H3;1-2H3;/q-1;;. The van der Waals surface area contributed by atoms with Gasteiger partial charge in [-0.2, -0.15) is 0 Å². The van der Waals surface area contributed by atoms with Crippen LogP contribution in [0.1, 0.15) is 44.7 Å². The molecule has 0 N–H and O–H groups in total. The summed E-state index contributed by atoms with van der Waals surface area (Å²) in [5, 5.41) is 2.57. The molecule has 0 atom stereocenters. The molecular weight excluding hydrogens is 416 g/mol. The van der Waals surface area contributed by atoms with Crippen molar-refractivity contribution in [3.05, 3.63) is 47.5 Å². The summed E-state index contributed by atoms with van der Waals surface area (Å²) in [6.45, 7) is 10.6. The van der Waals surface area contributed by atoms with E-state index < -0.39 is 0 Å². The Morgan fingerprint density at radius 2 is 1.40 bits per heavy atom. The molecule has 0 aliphatic rings. The van der Waals surface area contributed by atoms with E-state index in [-0.39, 0.29) is 20.4 Å². The zero-order valence-corrected chi connectivity index (χ0v) is 15.6. The maximum absolute atomic E-state index is 4.66. The van der Waals surface area contributed by atoms with Crippen LogP contribution in [-0.4, -0.2) is 0 Å². The second kappa shape index (κ2) is 7.07. The van der Waals surface area contributed by atoms with Gasteiger partial charge in [-0.15, -0.1) is 11.0 Å². The van der Waals surface area contributed by atoms with Crippen LogP contribution in [0.3, 0.4) is 0 Å². The maximum atomic E-state index is 4.66. The number of benzene rings is 2. The van der Waals surface area contributed by atoms with Crippen molar-refractivity contribution in [2.75, 3.05) is 0 Å². The van der Waals surface area contributed by atoms with Crippen molar-refractivity contribution in [3.8, 4) is 0 Å². The molecule has 0 unspecified atom stereocenters. The fraction of sp³-hybridized carbons (Fsp3) is 0.333. The van der Waals surface area contributed by atoms with E-state index in [4.69, 9.17) is 0 Å². The molecule has 1 radical (unpaired) electrons. The molecule has 1 heterocycles. The number of hydrogen-bond acceptors (Lipinski definition) is 0. The monoisotopic (exact) mass is 439 g/mol. The predicted octanol–water partition coefficient (Wildman–Crippen LogP) is 5.41. The molecule has 0 bridgehead atoms. The molecule has 2 aromatic carbocycles. The Kier molecular flexibility index (Phi) is 5.99. The molecule has 2 heteroatoms. The van der Waals surface area contributed by atoms with Crippen LogP contribution in [0.5, 0.6) is 0 Å². The van der Waals surface area contributed by atoms with Gasteiger partial charge in [-0.3, -0.25) is 0 Å². The number of rotatable bonds is 1. The van der Waals surface area contributed by atoms with Crippen LogP contribution in [-0.2, 0) is 20.4 Å². The molecule has 0 fully saturated rings. The molecule has 0 amide bonds. The van der Waals surface area contributed by atoms with Crippen LogP contribution in [0, 0.1) is 6.92 Å². The normalized spacial score (nSPS) is 10.3. The van der Waals surface area contributed by atoms with Gasteiger partial charge in [-0.25, -0.2) is 0 Å². The molecule has 1 nitrogen and oxygen atoms in total. The van der Waals surface area contributed by atoms with Crippen LogP contribution in [0.25, 0.3) is 21.8 Å². The van der Waals surface area contributed by atoms with Crippen molar-refractivity contribution >= 4 is 21.8 Å². The predicted molar refractivity (Wildman–Crippen MR) is 84.9 cm³/mol. The molecule has 1 aromatic heterocycles. The van der Waals surface area contributed by atoms with Crippen molar-refractivity contribution < 1.29 is 20.4 Å². The van der Waals surface area contributed by atoms with Gasteiger partial charge in [-0.05, 0) is 29.2 Å². The van der Waals surface area contributed by atoms with E-state index in [1.165, 1.54) is 21.9 Å². The number of hydrogen-bond donors (Lipinski definition) is 0. The Bertz CT molecular complexity index is 695. The van der Waals surface area contributed by atoms with Gasteiger partial charge < -0.3 is 4.98 Å². The van der Waals surface area contributed by atoms with Gasteiger partial charge >= 0.3 is 0 Å². The third-order valence-electron chi connectivity index (χ3n) is 3.37. The van der Waals surface area contributed by atoms with E-state index in [0.29, 0.717) is 5.92 Å². The van der Waals surface area contributed by atoms with Crippen LogP contribution in [0.4, 0.5) is 0 Å². The van der Waals surface area contributed by atoms with Crippen LogP contribution in [0.15, 0.2) is 36.4 Å². The van der Waals surface area contributed by atoms with Gasteiger partial charge in [0, 0.05) is 20.4 Å². The van der Waals surface area contributed by atoms with E-state index in [2.05, 4.69) is 62.2 Å². The Balaban J connectivity index is 0.000000639. The molecule has 0 aliphatic heterocycles. The summed E-state index contributed by atoms with van der Waals surface area (Å²) in [5.41, 5.74) is 4.89. The third kappa shape index (κ3) is 3.14. The Morgan fingerprint density at radius 3 is 2.00 bits per heavy atom. The minimum atomic E-state index is 0. The zero-order chi connectivity index (χ0) is 14.0. The van der Waals surface area contributed by atoms with E-state index in [9.17, 15) is 0 Å². The Morgan fingerprint density at radius 1 is 0.850 bits per heavy atom. The second-order valence-corrected chi connectivity index (χ2v) is 5.06. The Hall–Kier alpha value is -1.10. The number of nitrogens with zero attached hydrogens (tertiary/aromatic N) is 1. The molecule has 0 saturated carbocycles. The number of aryl methyl sites for hydroxylation is 1. The third-order valence-corrected chi connectivity index (χ3v) is 3.37. The summed E-state index contributed by atoms with van der Waals surface area (Å²) < 4.78 is 0. The molecule has 3 rings (SSSR count). The maximum Gasteiger partial charge on any atom is 0 e. The van der Waals surface area contributed by atoms with Crippen molar-refractivity contribution in [1.29, 1.82) is 0 Å². The first kappa shape index (κ1) is 17.0. The largest absolute Gasteiger partial charge is 0.657 e. The van der Waals surface area contributed by atoms with Crippen molar-refractivity contribution in [2.24, 2.45) is 0 Å². The van der Waals surface area contributed by atoms with Crippen LogP contribution < -0.4 is 4.98 Å². The molecule has 107 valence electrons. The van der Waals surface area contributed by atoms with Crippen molar-refractivity contribution in [1.82, 2.24) is 4.98 Å². The van der Waals surface area contributed by atoms with Gasteiger partial charge in [0.2, 0.25) is 0 Å². The quantitative estimate of drug-likeness (QED) is 0.496. The first-order valence-corrected chi connectivity index (χ1v) is 7.12.